The van der Waals surface area contributed by atoms with Gasteiger partial charge in [0.1, 0.15) is 5.82 Å². The van der Waals surface area contributed by atoms with E-state index in [1.54, 1.807) is 4.57 Å². The van der Waals surface area contributed by atoms with E-state index in [2.05, 4.69) is 20.8 Å². The third-order valence-electron chi connectivity index (χ3n) is 5.75. The number of nitrogens with zero attached hydrogens (tertiary/aromatic N) is 3. The summed E-state index contributed by atoms with van der Waals surface area (Å²) < 4.78 is 16.0. The topological polar surface area (TPSA) is 88.9 Å². The van der Waals surface area contributed by atoms with Gasteiger partial charge in [0, 0.05) is 5.69 Å². The van der Waals surface area contributed by atoms with Gasteiger partial charge in [-0.2, -0.15) is 0 Å². The van der Waals surface area contributed by atoms with Gasteiger partial charge < -0.3 is 10.6 Å². The number of carbonyl (C=O) groups excluding carboxylic acids is 2. The number of carbonyl (C=O) groups is 2. The van der Waals surface area contributed by atoms with Crippen LogP contribution in [0.4, 0.5) is 10.1 Å². The summed E-state index contributed by atoms with van der Waals surface area (Å²) in [5, 5.41) is 14.6. The molecule has 7 nitrogen and oxygen atoms in total. The Balaban J connectivity index is 1.57. The molecule has 10 heteroatoms. The van der Waals surface area contributed by atoms with Gasteiger partial charge in [0.15, 0.2) is 11.0 Å². The maximum absolute atomic E-state index is 14.2. The molecule has 0 unspecified atom stereocenters. The van der Waals surface area contributed by atoms with E-state index in [1.165, 1.54) is 30.0 Å². The highest BCUT2D eigenvalue weighted by Gasteiger charge is 2.20. The van der Waals surface area contributed by atoms with Crippen LogP contribution in [0.5, 0.6) is 0 Å². The van der Waals surface area contributed by atoms with Crippen molar-refractivity contribution in [1.82, 2.24) is 20.1 Å². The zero-order chi connectivity index (χ0) is 26.5. The Morgan fingerprint density at radius 3 is 2.54 bits per heavy atom. The standard InChI is InChI=1S/C27H25ClFN5O2S/c1-16-7-4-9-19(13-16)31-24(35)15-37-27-33-32-23(34(27)22-12-5-8-17(2)18(22)3)14-30-26(36)25-20(28)10-6-11-21(25)29/h4-13H,14-15H2,1-3H3,(H,30,36)(H,31,35). The van der Waals surface area contributed by atoms with Crippen molar-refractivity contribution in [3.05, 3.63) is 99.6 Å². The number of rotatable bonds is 8. The molecule has 4 aromatic rings. The maximum atomic E-state index is 14.2. The van der Waals surface area contributed by atoms with Crippen LogP contribution in [-0.4, -0.2) is 32.3 Å². The van der Waals surface area contributed by atoms with Crippen molar-refractivity contribution >= 4 is 40.9 Å². The molecule has 0 saturated heterocycles. The van der Waals surface area contributed by atoms with E-state index in [1.807, 2.05) is 63.2 Å². The molecule has 0 aliphatic rings. The van der Waals surface area contributed by atoms with Gasteiger partial charge in [0.2, 0.25) is 5.91 Å². The Morgan fingerprint density at radius 2 is 1.78 bits per heavy atom. The minimum Gasteiger partial charge on any atom is -0.345 e. The lowest BCUT2D eigenvalue weighted by molar-refractivity contribution is -0.113. The lowest BCUT2D eigenvalue weighted by atomic mass is 10.1. The molecule has 1 aromatic heterocycles. The van der Waals surface area contributed by atoms with Gasteiger partial charge in [0.05, 0.1) is 28.6 Å². The predicted molar refractivity (Wildman–Crippen MR) is 144 cm³/mol. The molecule has 0 fully saturated rings. The molecule has 0 spiro atoms. The zero-order valence-electron chi connectivity index (χ0n) is 20.5. The van der Waals surface area contributed by atoms with Crippen LogP contribution in [0, 0.1) is 26.6 Å². The Kier molecular flexibility index (Phi) is 8.25. The van der Waals surface area contributed by atoms with Crippen LogP contribution in [0.3, 0.4) is 0 Å². The minimum atomic E-state index is -0.711. The fourth-order valence-electron chi connectivity index (χ4n) is 3.74. The summed E-state index contributed by atoms with van der Waals surface area (Å²) in [6, 6.07) is 17.4. The van der Waals surface area contributed by atoms with Crippen LogP contribution in [0.15, 0.2) is 65.8 Å². The molecule has 0 atom stereocenters. The van der Waals surface area contributed by atoms with E-state index in [0.29, 0.717) is 11.0 Å². The highest BCUT2D eigenvalue weighted by Crippen LogP contribution is 2.26. The molecule has 0 bridgehead atoms. The molecule has 1 heterocycles. The Hall–Kier alpha value is -3.69. The summed E-state index contributed by atoms with van der Waals surface area (Å²) in [6.07, 6.45) is 0. The van der Waals surface area contributed by atoms with E-state index < -0.39 is 11.7 Å². The van der Waals surface area contributed by atoms with Crippen molar-refractivity contribution in [3.8, 4) is 5.69 Å². The maximum Gasteiger partial charge on any atom is 0.256 e. The summed E-state index contributed by atoms with van der Waals surface area (Å²) in [4.78, 5) is 25.3. The Labute approximate surface area is 223 Å². The summed E-state index contributed by atoms with van der Waals surface area (Å²) in [7, 11) is 0. The SMILES string of the molecule is Cc1cccc(NC(=O)CSc2nnc(CNC(=O)c3c(F)cccc3Cl)n2-c2cccc(C)c2C)c1. The van der Waals surface area contributed by atoms with Gasteiger partial charge in [-0.05, 0) is 67.8 Å². The zero-order valence-corrected chi connectivity index (χ0v) is 22.1. The van der Waals surface area contributed by atoms with Gasteiger partial charge in [-0.25, -0.2) is 4.39 Å². The number of nitrogens with one attached hydrogen (secondary N) is 2. The smallest absolute Gasteiger partial charge is 0.256 e. The predicted octanol–water partition coefficient (Wildman–Crippen LogP) is 5.65. The molecule has 2 amide bonds. The lowest BCUT2D eigenvalue weighted by Gasteiger charge is -2.15. The first kappa shape index (κ1) is 26.4. The fraction of sp³-hybridized carbons (Fsp3) is 0.185. The molecule has 3 aromatic carbocycles. The summed E-state index contributed by atoms with van der Waals surface area (Å²) in [5.74, 6) is -1.03. The van der Waals surface area contributed by atoms with Crippen LogP contribution >= 0.6 is 23.4 Å². The number of halogens is 2. The summed E-state index contributed by atoms with van der Waals surface area (Å²) in [5.41, 5.74) is 4.41. The molecule has 4 rings (SSSR count). The van der Waals surface area contributed by atoms with E-state index in [0.717, 1.165) is 28.1 Å². The first-order valence-corrected chi connectivity index (χ1v) is 12.8. The second-order valence-corrected chi connectivity index (χ2v) is 9.79. The average Bonchev–Trinajstić information content (AvgIpc) is 3.25. The molecule has 0 saturated carbocycles. The lowest BCUT2D eigenvalue weighted by Crippen LogP contribution is -2.26. The summed E-state index contributed by atoms with van der Waals surface area (Å²) in [6.45, 7) is 5.90. The Bertz CT molecular complexity index is 1450. The molecular formula is C27H25ClFN5O2S. The van der Waals surface area contributed by atoms with E-state index in [4.69, 9.17) is 11.6 Å². The molecule has 0 aliphatic carbocycles. The van der Waals surface area contributed by atoms with Crippen molar-refractivity contribution in [1.29, 1.82) is 0 Å². The van der Waals surface area contributed by atoms with Crippen LogP contribution in [-0.2, 0) is 11.3 Å². The number of aromatic nitrogens is 3. The number of hydrogen-bond donors (Lipinski definition) is 2. The van der Waals surface area contributed by atoms with Crippen molar-refractivity contribution in [3.63, 3.8) is 0 Å². The first-order valence-electron chi connectivity index (χ1n) is 11.5. The van der Waals surface area contributed by atoms with Crippen molar-refractivity contribution in [2.24, 2.45) is 0 Å². The second-order valence-electron chi connectivity index (χ2n) is 8.44. The first-order chi connectivity index (χ1) is 17.7. The normalized spacial score (nSPS) is 10.8. The van der Waals surface area contributed by atoms with Crippen molar-refractivity contribution < 1.29 is 14.0 Å². The fourth-order valence-corrected chi connectivity index (χ4v) is 4.75. The quantitative estimate of drug-likeness (QED) is 0.284. The molecule has 0 aliphatic heterocycles. The number of benzene rings is 3. The van der Waals surface area contributed by atoms with Gasteiger partial charge in [0.25, 0.3) is 5.91 Å². The number of amides is 2. The molecule has 190 valence electrons. The largest absolute Gasteiger partial charge is 0.345 e. The van der Waals surface area contributed by atoms with Crippen LogP contribution in [0.25, 0.3) is 5.69 Å². The highest BCUT2D eigenvalue weighted by atomic mass is 35.5. The Morgan fingerprint density at radius 1 is 1.03 bits per heavy atom. The van der Waals surface area contributed by atoms with Gasteiger partial charge >= 0.3 is 0 Å². The third-order valence-corrected chi connectivity index (χ3v) is 6.99. The second kappa shape index (κ2) is 11.6. The molecule has 0 radical (unpaired) electrons. The van der Waals surface area contributed by atoms with Gasteiger partial charge in [-0.3, -0.25) is 14.2 Å². The highest BCUT2D eigenvalue weighted by molar-refractivity contribution is 7.99. The molecular weight excluding hydrogens is 513 g/mol. The van der Waals surface area contributed by atoms with E-state index in [9.17, 15) is 14.0 Å². The van der Waals surface area contributed by atoms with Crippen LogP contribution < -0.4 is 10.6 Å². The number of anilines is 1. The van der Waals surface area contributed by atoms with E-state index in [-0.39, 0.29) is 28.8 Å². The van der Waals surface area contributed by atoms with Crippen LogP contribution in [0.2, 0.25) is 5.02 Å². The number of hydrogen-bond acceptors (Lipinski definition) is 5. The van der Waals surface area contributed by atoms with Crippen LogP contribution in [0.1, 0.15) is 32.9 Å². The average molecular weight is 538 g/mol. The van der Waals surface area contributed by atoms with Crippen molar-refractivity contribution in [2.75, 3.05) is 11.1 Å². The third kappa shape index (κ3) is 6.18. The monoisotopic (exact) mass is 537 g/mol. The molecule has 37 heavy (non-hydrogen) atoms. The minimum absolute atomic E-state index is 0.0179. The summed E-state index contributed by atoms with van der Waals surface area (Å²) >= 11 is 7.27. The van der Waals surface area contributed by atoms with E-state index >= 15 is 0 Å². The van der Waals surface area contributed by atoms with Crippen molar-refractivity contribution in [2.45, 2.75) is 32.5 Å². The number of thioether (sulfide) groups is 1. The van der Waals surface area contributed by atoms with Gasteiger partial charge in [-0.15, -0.1) is 10.2 Å². The number of aryl methyl sites for hydroxylation is 2. The van der Waals surface area contributed by atoms with Gasteiger partial charge in [-0.1, -0.05) is 53.7 Å². The molecule has 2 N–H and O–H groups in total.